The topological polar surface area (TPSA) is 343 Å². The van der Waals surface area contributed by atoms with Crippen molar-refractivity contribution < 1.29 is 97.3 Å². The van der Waals surface area contributed by atoms with Crippen LogP contribution in [0.5, 0.6) is 0 Å². The van der Waals surface area contributed by atoms with Gasteiger partial charge < -0.3 is 49.9 Å². The molecule has 20 nitrogen and oxygen atoms in total. The molecule has 0 bridgehead atoms. The molecule has 37 heavy (non-hydrogen) atoms. The number of carboxylic acid groups (broad SMARTS) is 6. The minimum atomic E-state index is -5.78. The predicted octanol–water partition coefficient (Wildman–Crippen LogP) is -2.51. The highest BCUT2D eigenvalue weighted by atomic mass is 31.2. The minimum absolute atomic E-state index is 1.64. The predicted molar refractivity (Wildman–Crippen MR) is 103 cm³/mol. The van der Waals surface area contributed by atoms with Gasteiger partial charge in [-0.3, -0.25) is 28.5 Å². The fraction of sp³-hybridized carbons (Fsp3) is 0.500. The maximum absolute atomic E-state index is 12.4. The fourth-order valence-electron chi connectivity index (χ4n) is 2.63. The summed E-state index contributed by atoms with van der Waals surface area (Å²) in [6.07, 6.45) is -11.4. The summed E-state index contributed by atoms with van der Waals surface area (Å²) in [5, 5.41) is 54.1. The van der Waals surface area contributed by atoms with Crippen LogP contribution < -0.4 is 0 Å². The molecule has 0 saturated carbocycles. The zero-order valence-corrected chi connectivity index (χ0v) is 18.9. The van der Waals surface area contributed by atoms with Gasteiger partial charge in [0.15, 0.2) is 6.10 Å². The monoisotopic (exact) mass is 562 g/mol. The van der Waals surface area contributed by atoms with Crippen LogP contribution in [0.4, 0.5) is 0 Å². The molecule has 0 aliphatic carbocycles. The highest BCUT2D eigenvalue weighted by Gasteiger charge is 2.51. The maximum Gasteiger partial charge on any atom is 0.470 e. The van der Waals surface area contributed by atoms with Crippen molar-refractivity contribution >= 4 is 55.6 Å². The van der Waals surface area contributed by atoms with E-state index in [0.717, 1.165) is 0 Å². The molecular formula is C16H19O20P. The molecule has 8 N–H and O–H groups in total. The van der Waals surface area contributed by atoms with E-state index in [2.05, 4.69) is 14.0 Å². The molecule has 0 aliphatic rings. The van der Waals surface area contributed by atoms with Gasteiger partial charge in [0.1, 0.15) is 0 Å². The van der Waals surface area contributed by atoms with E-state index in [-0.39, 0.29) is 0 Å². The molecule has 0 fully saturated rings. The number of ether oxygens (including phenoxy) is 2. The standard InChI is InChI=1S/C16H19O20P/c17-7(18)2-15(13(27)28,3-8(19)20)34-11(25)1-6(36-37(31,32)33)12(26)35-16(14(29)30,4-9(21)22)5-10(23)24/h6H,1-5H2,(H,17,18)(H,19,20)(H,21,22)(H,23,24)(H,27,28)(H,29,30)(H2,31,32,33). The summed E-state index contributed by atoms with van der Waals surface area (Å²) >= 11 is 0. The number of phosphoric ester groups is 1. The van der Waals surface area contributed by atoms with Crippen molar-refractivity contribution in [2.24, 2.45) is 0 Å². The van der Waals surface area contributed by atoms with Crippen molar-refractivity contribution in [2.75, 3.05) is 0 Å². The average Bonchev–Trinajstić information content (AvgIpc) is 2.63. The largest absolute Gasteiger partial charge is 0.481 e. The normalized spacial score (nSPS) is 12.6. The molecule has 0 aromatic carbocycles. The van der Waals surface area contributed by atoms with E-state index in [4.69, 9.17) is 30.2 Å². The van der Waals surface area contributed by atoms with Gasteiger partial charge in [-0.05, 0) is 0 Å². The Morgan fingerprint density at radius 3 is 1.22 bits per heavy atom. The van der Waals surface area contributed by atoms with Gasteiger partial charge >= 0.3 is 55.6 Å². The lowest BCUT2D eigenvalue weighted by atomic mass is 9.95. The van der Waals surface area contributed by atoms with Crippen LogP contribution in [0, 0.1) is 0 Å². The van der Waals surface area contributed by atoms with Crippen LogP contribution in [0.3, 0.4) is 0 Å². The summed E-state index contributed by atoms with van der Waals surface area (Å²) in [5.41, 5.74) is -6.70. The Morgan fingerprint density at radius 2 is 0.946 bits per heavy atom. The van der Waals surface area contributed by atoms with E-state index < -0.39 is 105 Å². The number of hydrogen-bond donors (Lipinski definition) is 8. The van der Waals surface area contributed by atoms with E-state index in [0.29, 0.717) is 0 Å². The van der Waals surface area contributed by atoms with Crippen LogP contribution >= 0.6 is 7.82 Å². The highest BCUT2D eigenvalue weighted by molar-refractivity contribution is 7.46. The van der Waals surface area contributed by atoms with Crippen molar-refractivity contribution in [3.8, 4) is 0 Å². The smallest absolute Gasteiger partial charge is 0.470 e. The Balaban J connectivity index is 6.31. The first-order valence-electron chi connectivity index (χ1n) is 9.17. The van der Waals surface area contributed by atoms with Crippen LogP contribution in [-0.2, 0) is 56.9 Å². The first kappa shape index (κ1) is 32.9. The number of phosphoric acid groups is 1. The van der Waals surface area contributed by atoms with Crippen molar-refractivity contribution in [1.29, 1.82) is 0 Å². The van der Waals surface area contributed by atoms with Crippen molar-refractivity contribution in [3.05, 3.63) is 0 Å². The molecule has 0 aromatic rings. The van der Waals surface area contributed by atoms with Gasteiger partial charge in [0.05, 0.1) is 32.1 Å². The molecule has 208 valence electrons. The molecule has 0 radical (unpaired) electrons. The third kappa shape index (κ3) is 11.0. The number of carbonyl (C=O) groups is 8. The Kier molecular flexibility index (Phi) is 11.3. The molecule has 1 atom stereocenters. The molecule has 1 unspecified atom stereocenters. The van der Waals surface area contributed by atoms with Crippen LogP contribution in [-0.4, -0.2) is 105 Å². The van der Waals surface area contributed by atoms with Gasteiger partial charge in [0.25, 0.3) is 0 Å². The van der Waals surface area contributed by atoms with Crippen molar-refractivity contribution in [3.63, 3.8) is 0 Å². The van der Waals surface area contributed by atoms with E-state index >= 15 is 0 Å². The minimum Gasteiger partial charge on any atom is -0.481 e. The molecule has 0 rings (SSSR count). The Hall–Kier alpha value is -4.13. The average molecular weight is 562 g/mol. The lowest BCUT2D eigenvalue weighted by Crippen LogP contribution is -2.50. The van der Waals surface area contributed by atoms with Gasteiger partial charge in [-0.1, -0.05) is 0 Å². The second kappa shape index (κ2) is 12.7. The summed E-state index contributed by atoms with van der Waals surface area (Å²) in [5.74, 6) is -16.9. The quantitative estimate of drug-likeness (QED) is 0.0669. The molecule has 0 spiro atoms. The van der Waals surface area contributed by atoms with E-state index in [1.54, 1.807) is 0 Å². The zero-order valence-electron chi connectivity index (χ0n) is 18.0. The Labute approximate surface area is 203 Å². The number of aliphatic carboxylic acids is 6. The summed E-state index contributed by atoms with van der Waals surface area (Å²) in [6.45, 7) is 0. The molecule has 21 heteroatoms. The molecule has 0 aliphatic heterocycles. The third-order valence-corrected chi connectivity index (χ3v) is 4.54. The molecule has 0 heterocycles. The highest BCUT2D eigenvalue weighted by Crippen LogP contribution is 2.39. The van der Waals surface area contributed by atoms with Crippen LogP contribution in [0.1, 0.15) is 32.1 Å². The first-order chi connectivity index (χ1) is 16.6. The SMILES string of the molecule is O=C(O)CC(CC(=O)O)(OC(=O)CC(OP(=O)(O)O)C(=O)OC(CC(=O)O)(CC(=O)O)C(=O)O)C(=O)O. The van der Waals surface area contributed by atoms with Crippen LogP contribution in [0.25, 0.3) is 0 Å². The van der Waals surface area contributed by atoms with Gasteiger partial charge in [-0.25, -0.2) is 18.9 Å². The van der Waals surface area contributed by atoms with Gasteiger partial charge in [-0.2, -0.15) is 0 Å². The maximum atomic E-state index is 12.4. The number of rotatable bonds is 17. The van der Waals surface area contributed by atoms with Crippen molar-refractivity contribution in [1.82, 2.24) is 0 Å². The van der Waals surface area contributed by atoms with Crippen LogP contribution in [0.2, 0.25) is 0 Å². The molecule has 0 amide bonds. The van der Waals surface area contributed by atoms with Gasteiger partial charge in [0, 0.05) is 0 Å². The summed E-state index contributed by atoms with van der Waals surface area (Å²) in [6, 6.07) is 0. The lowest BCUT2D eigenvalue weighted by Gasteiger charge is -2.29. The van der Waals surface area contributed by atoms with E-state index in [1.165, 1.54) is 0 Å². The van der Waals surface area contributed by atoms with E-state index in [9.17, 15) is 53.1 Å². The second-order valence-electron chi connectivity index (χ2n) is 7.06. The van der Waals surface area contributed by atoms with Crippen LogP contribution in [0.15, 0.2) is 0 Å². The second-order valence-corrected chi connectivity index (χ2v) is 8.26. The van der Waals surface area contributed by atoms with E-state index in [1.807, 2.05) is 0 Å². The molecular weight excluding hydrogens is 543 g/mol. The van der Waals surface area contributed by atoms with Gasteiger partial charge in [0.2, 0.25) is 11.2 Å². The Bertz CT molecular complexity index is 989. The fourth-order valence-corrected chi connectivity index (χ4v) is 3.13. The lowest BCUT2D eigenvalue weighted by molar-refractivity contribution is -0.194. The summed E-state index contributed by atoms with van der Waals surface area (Å²) in [7, 11) is -5.78. The Morgan fingerprint density at radius 1 is 0.622 bits per heavy atom. The zero-order chi connectivity index (χ0) is 29.4. The number of carboxylic acids is 6. The summed E-state index contributed by atoms with van der Waals surface area (Å²) in [4.78, 5) is 110. The first-order valence-corrected chi connectivity index (χ1v) is 10.7. The van der Waals surface area contributed by atoms with Crippen molar-refractivity contribution in [2.45, 2.75) is 49.4 Å². The third-order valence-electron chi connectivity index (χ3n) is 4.01. The van der Waals surface area contributed by atoms with Gasteiger partial charge in [-0.15, -0.1) is 0 Å². The molecule has 0 saturated heterocycles. The number of carbonyl (C=O) groups excluding carboxylic acids is 2. The number of hydrogen-bond acceptors (Lipinski definition) is 12. The summed E-state index contributed by atoms with van der Waals surface area (Å²) < 4.78 is 23.9. The molecule has 0 aromatic heterocycles. The number of esters is 2.